The number of rotatable bonds is 6. The first-order chi connectivity index (χ1) is 8.36. The molecule has 3 N–H and O–H groups in total. The van der Waals surface area contributed by atoms with Crippen LogP contribution in [-0.2, 0) is 11.2 Å². The lowest BCUT2D eigenvalue weighted by Crippen LogP contribution is -2.28. The summed E-state index contributed by atoms with van der Waals surface area (Å²) in [6, 6.07) is 6.41. The zero-order valence-corrected chi connectivity index (χ0v) is 10.2. The van der Waals surface area contributed by atoms with Crippen LogP contribution in [0.4, 0.5) is 0 Å². The Labute approximate surface area is 102 Å². The number of benzene rings is 1. The highest BCUT2D eigenvalue weighted by Crippen LogP contribution is 2.34. The highest BCUT2D eigenvalue weighted by atomic mass is 16.5. The van der Waals surface area contributed by atoms with Crippen molar-refractivity contribution in [2.75, 3.05) is 20.3 Å². The number of ether oxygens (including phenoxy) is 2. The second kappa shape index (κ2) is 6.00. The monoisotopic (exact) mass is 236 g/mol. The fraction of sp³-hybridized carbons (Fsp3) is 0.538. The van der Waals surface area contributed by atoms with Gasteiger partial charge >= 0.3 is 0 Å². The van der Waals surface area contributed by atoms with Gasteiger partial charge in [0.05, 0.1) is 6.61 Å². The average Bonchev–Trinajstić information content (AvgIpc) is 2.83. The summed E-state index contributed by atoms with van der Waals surface area (Å²) in [4.78, 5) is 0. The van der Waals surface area contributed by atoms with Crippen LogP contribution in [0.25, 0.3) is 0 Å². The molecule has 1 heterocycles. The Hall–Kier alpha value is -1.10. The molecule has 94 valence electrons. The topological polar surface area (TPSA) is 56.5 Å². The largest absolute Gasteiger partial charge is 0.493 e. The molecule has 4 nitrogen and oxygen atoms in total. The second-order valence-corrected chi connectivity index (χ2v) is 4.29. The molecule has 1 aliphatic rings. The van der Waals surface area contributed by atoms with Gasteiger partial charge in [-0.1, -0.05) is 18.2 Å². The van der Waals surface area contributed by atoms with E-state index in [1.807, 2.05) is 0 Å². The van der Waals surface area contributed by atoms with E-state index in [0.717, 1.165) is 38.2 Å². The van der Waals surface area contributed by atoms with Gasteiger partial charge in [0.25, 0.3) is 0 Å². The molecule has 0 amide bonds. The van der Waals surface area contributed by atoms with E-state index in [1.54, 1.807) is 7.11 Å². The summed E-state index contributed by atoms with van der Waals surface area (Å²) in [5, 5.41) is 0. The van der Waals surface area contributed by atoms with Crippen molar-refractivity contribution < 1.29 is 9.47 Å². The smallest absolute Gasteiger partial charge is 0.127 e. The average molecular weight is 236 g/mol. The van der Waals surface area contributed by atoms with Crippen molar-refractivity contribution >= 4 is 0 Å². The van der Waals surface area contributed by atoms with Gasteiger partial charge in [-0.25, -0.2) is 0 Å². The van der Waals surface area contributed by atoms with E-state index in [4.69, 9.17) is 15.3 Å². The van der Waals surface area contributed by atoms with Crippen molar-refractivity contribution in [1.29, 1.82) is 0 Å². The first-order valence-electron chi connectivity index (χ1n) is 6.06. The third-order valence-electron chi connectivity index (χ3n) is 3.16. The fourth-order valence-electron chi connectivity index (χ4n) is 2.28. The van der Waals surface area contributed by atoms with Gasteiger partial charge in [0.2, 0.25) is 0 Å². The number of para-hydroxylation sites is 1. The molecule has 2 rings (SSSR count). The molecule has 1 unspecified atom stereocenters. The standard InChI is InChI=1S/C13H20N2O2/c1-16-8-3-6-12(15-14)11-5-2-4-10-7-9-17-13(10)11/h2,4-5,12,15H,3,6-9,14H2,1H3. The maximum atomic E-state index is 5.69. The lowest BCUT2D eigenvalue weighted by atomic mass is 9.99. The summed E-state index contributed by atoms with van der Waals surface area (Å²) < 4.78 is 10.8. The minimum Gasteiger partial charge on any atom is -0.493 e. The van der Waals surface area contributed by atoms with E-state index in [0.29, 0.717) is 0 Å². The molecule has 0 radical (unpaired) electrons. The van der Waals surface area contributed by atoms with E-state index in [-0.39, 0.29) is 6.04 Å². The zero-order valence-electron chi connectivity index (χ0n) is 10.2. The molecule has 0 spiro atoms. The van der Waals surface area contributed by atoms with Crippen molar-refractivity contribution in [3.05, 3.63) is 29.3 Å². The van der Waals surface area contributed by atoms with Crippen LogP contribution >= 0.6 is 0 Å². The number of hydrazine groups is 1. The van der Waals surface area contributed by atoms with Gasteiger partial charge in [-0.2, -0.15) is 0 Å². The molecule has 1 aliphatic heterocycles. The van der Waals surface area contributed by atoms with Crippen molar-refractivity contribution in [3.63, 3.8) is 0 Å². The quantitative estimate of drug-likeness (QED) is 0.447. The number of methoxy groups -OCH3 is 1. The molecule has 1 aromatic rings. The van der Waals surface area contributed by atoms with Crippen LogP contribution in [0.5, 0.6) is 5.75 Å². The molecular weight excluding hydrogens is 216 g/mol. The minimum absolute atomic E-state index is 0.137. The molecule has 0 bridgehead atoms. The number of nitrogens with one attached hydrogen (secondary N) is 1. The van der Waals surface area contributed by atoms with Gasteiger partial charge in [-0.05, 0) is 18.4 Å². The molecule has 0 aliphatic carbocycles. The maximum Gasteiger partial charge on any atom is 0.127 e. The van der Waals surface area contributed by atoms with Gasteiger partial charge in [0.1, 0.15) is 5.75 Å². The van der Waals surface area contributed by atoms with Gasteiger partial charge in [0, 0.05) is 31.7 Å². The van der Waals surface area contributed by atoms with Gasteiger partial charge in [-0.15, -0.1) is 0 Å². The number of hydrogen-bond donors (Lipinski definition) is 2. The molecule has 1 aromatic carbocycles. The lowest BCUT2D eigenvalue weighted by Gasteiger charge is -2.18. The highest BCUT2D eigenvalue weighted by molar-refractivity contribution is 5.45. The summed E-state index contributed by atoms with van der Waals surface area (Å²) in [6.07, 6.45) is 2.93. The van der Waals surface area contributed by atoms with Crippen molar-refractivity contribution in [2.45, 2.75) is 25.3 Å². The van der Waals surface area contributed by atoms with Crippen LogP contribution in [0.2, 0.25) is 0 Å². The molecule has 0 fully saturated rings. The molecule has 4 heteroatoms. The predicted molar refractivity (Wildman–Crippen MR) is 66.8 cm³/mol. The summed E-state index contributed by atoms with van der Waals surface area (Å²) in [6.45, 7) is 1.54. The minimum atomic E-state index is 0.137. The van der Waals surface area contributed by atoms with Crippen LogP contribution < -0.4 is 16.0 Å². The molecular formula is C13H20N2O2. The first kappa shape index (κ1) is 12.4. The molecule has 0 aromatic heterocycles. The van der Waals surface area contributed by atoms with Gasteiger partial charge in [0.15, 0.2) is 0 Å². The Bertz CT molecular complexity index is 368. The SMILES string of the molecule is COCCCC(NN)c1cccc2c1OCC2. The highest BCUT2D eigenvalue weighted by Gasteiger charge is 2.20. The van der Waals surface area contributed by atoms with Crippen LogP contribution in [-0.4, -0.2) is 20.3 Å². The lowest BCUT2D eigenvalue weighted by molar-refractivity contribution is 0.188. The van der Waals surface area contributed by atoms with Crippen molar-refractivity contribution in [2.24, 2.45) is 5.84 Å². The third-order valence-corrected chi connectivity index (χ3v) is 3.16. The zero-order chi connectivity index (χ0) is 12.1. The molecule has 1 atom stereocenters. The van der Waals surface area contributed by atoms with E-state index in [2.05, 4.69) is 23.6 Å². The van der Waals surface area contributed by atoms with E-state index >= 15 is 0 Å². The van der Waals surface area contributed by atoms with Crippen molar-refractivity contribution in [3.8, 4) is 5.75 Å². The molecule has 0 saturated heterocycles. The molecule has 17 heavy (non-hydrogen) atoms. The van der Waals surface area contributed by atoms with Gasteiger partial charge in [-0.3, -0.25) is 11.3 Å². The summed E-state index contributed by atoms with van der Waals surface area (Å²) >= 11 is 0. The Morgan fingerprint density at radius 1 is 1.53 bits per heavy atom. The summed E-state index contributed by atoms with van der Waals surface area (Å²) in [5.41, 5.74) is 5.32. The third kappa shape index (κ3) is 2.77. The Kier molecular flexibility index (Phi) is 4.36. The fourth-order valence-corrected chi connectivity index (χ4v) is 2.28. The van der Waals surface area contributed by atoms with E-state index in [9.17, 15) is 0 Å². The Morgan fingerprint density at radius 2 is 2.41 bits per heavy atom. The number of nitrogens with two attached hydrogens (primary N) is 1. The first-order valence-corrected chi connectivity index (χ1v) is 6.06. The van der Waals surface area contributed by atoms with Crippen LogP contribution in [0, 0.1) is 0 Å². The van der Waals surface area contributed by atoms with E-state index in [1.165, 1.54) is 11.1 Å². The predicted octanol–water partition coefficient (Wildman–Crippen LogP) is 1.55. The second-order valence-electron chi connectivity index (χ2n) is 4.29. The van der Waals surface area contributed by atoms with Crippen LogP contribution in [0.15, 0.2) is 18.2 Å². The summed E-state index contributed by atoms with van der Waals surface area (Å²) in [7, 11) is 1.72. The Morgan fingerprint density at radius 3 is 3.18 bits per heavy atom. The van der Waals surface area contributed by atoms with Crippen LogP contribution in [0.3, 0.4) is 0 Å². The normalized spacial score (nSPS) is 15.4. The maximum absolute atomic E-state index is 5.69. The molecule has 0 saturated carbocycles. The van der Waals surface area contributed by atoms with Gasteiger partial charge < -0.3 is 9.47 Å². The number of hydrogen-bond acceptors (Lipinski definition) is 4. The number of fused-ring (bicyclic) bond motifs is 1. The van der Waals surface area contributed by atoms with Crippen LogP contribution in [0.1, 0.15) is 30.0 Å². The van der Waals surface area contributed by atoms with E-state index < -0.39 is 0 Å². The Balaban J connectivity index is 2.11. The summed E-state index contributed by atoms with van der Waals surface area (Å²) in [5.74, 6) is 6.66. The van der Waals surface area contributed by atoms with Crippen molar-refractivity contribution in [1.82, 2.24) is 5.43 Å².